The lowest BCUT2D eigenvalue weighted by Gasteiger charge is -2.28. The maximum absolute atomic E-state index is 14.1. The summed E-state index contributed by atoms with van der Waals surface area (Å²) >= 11 is 0. The van der Waals surface area contributed by atoms with Crippen LogP contribution in [-0.4, -0.2) is 40.3 Å². The predicted molar refractivity (Wildman–Crippen MR) is 168 cm³/mol. The normalized spacial score (nSPS) is 16.3. The molecule has 0 spiro atoms. The topological polar surface area (TPSA) is 134 Å². The highest BCUT2D eigenvalue weighted by Crippen LogP contribution is 2.54. The number of aromatic nitrogens is 2. The molecule has 6 rings (SSSR count). The predicted octanol–water partition coefficient (Wildman–Crippen LogP) is 6.41. The molecule has 46 heavy (non-hydrogen) atoms. The van der Waals surface area contributed by atoms with Crippen molar-refractivity contribution >= 4 is 33.1 Å². The van der Waals surface area contributed by atoms with E-state index in [0.717, 1.165) is 21.3 Å². The number of ether oxygens (including phenoxy) is 1. The van der Waals surface area contributed by atoms with Crippen LogP contribution in [0.2, 0.25) is 0 Å². The molecule has 0 unspecified atom stereocenters. The number of halogens is 3. The molecule has 2 aromatic heterocycles. The molecule has 0 saturated heterocycles. The van der Waals surface area contributed by atoms with Crippen molar-refractivity contribution in [3.05, 3.63) is 77.4 Å². The lowest BCUT2D eigenvalue weighted by molar-refractivity contribution is -0.195. The van der Waals surface area contributed by atoms with Crippen molar-refractivity contribution in [1.82, 2.24) is 25.9 Å². The number of pyridine rings is 2. The number of hydrazine groups is 2. The molecule has 1 atom stereocenters. The van der Waals surface area contributed by atoms with Crippen LogP contribution >= 0.6 is 0 Å². The van der Waals surface area contributed by atoms with Crippen LogP contribution in [0.15, 0.2) is 60.7 Å². The van der Waals surface area contributed by atoms with E-state index < -0.39 is 17.8 Å². The second-order valence-electron chi connectivity index (χ2n) is 12.7. The molecule has 4 N–H and O–H groups in total. The highest BCUT2D eigenvalue weighted by molar-refractivity contribution is 5.99. The quantitative estimate of drug-likeness (QED) is 0.174. The Morgan fingerprint density at radius 3 is 2.46 bits per heavy atom. The minimum absolute atomic E-state index is 0.0288. The third-order valence-electron chi connectivity index (χ3n) is 8.24. The summed E-state index contributed by atoms with van der Waals surface area (Å²) in [4.78, 5) is 8.74. The van der Waals surface area contributed by atoms with Crippen LogP contribution in [0.5, 0.6) is 5.88 Å². The average molecular weight is 628 g/mol. The summed E-state index contributed by atoms with van der Waals surface area (Å²) < 4.78 is 47.7. The number of nitriles is 2. The molecule has 1 aliphatic heterocycles. The zero-order valence-corrected chi connectivity index (χ0v) is 25.7. The molecule has 1 saturated carbocycles. The third-order valence-corrected chi connectivity index (χ3v) is 8.24. The summed E-state index contributed by atoms with van der Waals surface area (Å²) in [5.74, 6) is 0.405. The van der Waals surface area contributed by atoms with Gasteiger partial charge in [0.25, 0.3) is 0 Å². The Hall–Kier alpha value is -5.27. The molecule has 1 fully saturated rings. The zero-order chi connectivity index (χ0) is 32.9. The molecule has 13 heteroatoms. The summed E-state index contributed by atoms with van der Waals surface area (Å²) in [6.07, 6.45) is 0.00333. The van der Waals surface area contributed by atoms with E-state index >= 15 is 0 Å². The van der Waals surface area contributed by atoms with Gasteiger partial charge in [-0.2, -0.15) is 23.7 Å². The number of methoxy groups -OCH3 is 1. The molecule has 2 aliphatic rings. The van der Waals surface area contributed by atoms with Gasteiger partial charge in [0.1, 0.15) is 12.1 Å². The highest BCUT2D eigenvalue weighted by atomic mass is 19.4. The monoisotopic (exact) mass is 627 g/mol. The fourth-order valence-corrected chi connectivity index (χ4v) is 5.69. The van der Waals surface area contributed by atoms with Crippen LogP contribution in [0.1, 0.15) is 56.3 Å². The SMILES string of the molecule is COc1nccc2c([C@H](Nc3cc(C#N)c4ncc(C#N)c(NCC(C)(C)C)c4c3)C3=CN(C4(C(F)(F)F)CC4)NN3)cccc12. The number of anilines is 2. The standard InChI is InChI=1S/C33H32F3N9O/c1-31(2,3)18-41-28-20(15-38)16-40-27-19(14-37)12-21(13-25(27)28)42-29(23-6-5-7-24-22(23)8-11-39-30(24)46-4)26-17-45(44-43-26)32(9-10-32)33(34,35)36/h5-8,11-13,16-17,29,42-44H,9-10,18H2,1-4H3,(H,40,41)/t29-/m0/s1. The lowest BCUT2D eigenvalue weighted by atomic mass is 9.96. The number of rotatable bonds is 8. The van der Waals surface area contributed by atoms with Crippen LogP contribution < -0.4 is 26.3 Å². The summed E-state index contributed by atoms with van der Waals surface area (Å²) in [5.41, 5.74) is 6.79. The summed E-state index contributed by atoms with van der Waals surface area (Å²) in [6, 6.07) is 14.5. The Labute approximate surface area is 263 Å². The van der Waals surface area contributed by atoms with E-state index in [-0.39, 0.29) is 23.8 Å². The Bertz CT molecular complexity index is 1950. The molecule has 0 radical (unpaired) electrons. The van der Waals surface area contributed by atoms with Gasteiger partial charge >= 0.3 is 6.18 Å². The number of nitrogens with zero attached hydrogens (tertiary/aromatic N) is 5. The van der Waals surface area contributed by atoms with Gasteiger partial charge in [0, 0.05) is 41.6 Å². The van der Waals surface area contributed by atoms with Crippen LogP contribution in [0, 0.1) is 28.1 Å². The first-order valence-corrected chi connectivity index (χ1v) is 14.7. The number of alkyl halides is 3. The van der Waals surface area contributed by atoms with Gasteiger partial charge in [0.15, 0.2) is 5.54 Å². The molecule has 10 nitrogen and oxygen atoms in total. The summed E-state index contributed by atoms with van der Waals surface area (Å²) in [6.45, 7) is 6.74. The minimum Gasteiger partial charge on any atom is -0.481 e. The molecule has 0 amide bonds. The van der Waals surface area contributed by atoms with Crippen LogP contribution in [0.4, 0.5) is 24.5 Å². The fraction of sp³-hybridized carbons (Fsp3) is 0.333. The molecule has 4 aromatic rings. The Morgan fingerprint density at radius 1 is 1.04 bits per heavy atom. The first kappa shape index (κ1) is 30.7. The first-order chi connectivity index (χ1) is 21.9. The van der Waals surface area contributed by atoms with Crippen molar-refractivity contribution in [3.63, 3.8) is 0 Å². The molecule has 0 bridgehead atoms. The van der Waals surface area contributed by atoms with Crippen LogP contribution in [-0.2, 0) is 0 Å². The van der Waals surface area contributed by atoms with E-state index in [0.29, 0.717) is 46.0 Å². The Kier molecular flexibility index (Phi) is 7.53. The third kappa shape index (κ3) is 5.43. The molecule has 1 aliphatic carbocycles. The summed E-state index contributed by atoms with van der Waals surface area (Å²) in [5, 5.41) is 30.0. The highest BCUT2D eigenvalue weighted by Gasteiger charge is 2.67. The van der Waals surface area contributed by atoms with Gasteiger partial charge in [0.2, 0.25) is 5.88 Å². The van der Waals surface area contributed by atoms with Crippen molar-refractivity contribution in [2.75, 3.05) is 24.3 Å². The van der Waals surface area contributed by atoms with E-state index in [4.69, 9.17) is 4.74 Å². The smallest absolute Gasteiger partial charge is 0.413 e. The number of fused-ring (bicyclic) bond motifs is 2. The van der Waals surface area contributed by atoms with E-state index in [1.807, 2.05) is 24.3 Å². The van der Waals surface area contributed by atoms with Crippen molar-refractivity contribution in [3.8, 4) is 18.0 Å². The van der Waals surface area contributed by atoms with E-state index in [2.05, 4.69) is 64.5 Å². The van der Waals surface area contributed by atoms with Crippen molar-refractivity contribution < 1.29 is 17.9 Å². The largest absolute Gasteiger partial charge is 0.481 e. The van der Waals surface area contributed by atoms with Gasteiger partial charge in [-0.25, -0.2) is 4.98 Å². The Balaban J connectivity index is 1.51. The van der Waals surface area contributed by atoms with Gasteiger partial charge in [0.05, 0.1) is 41.2 Å². The van der Waals surface area contributed by atoms with Gasteiger partial charge < -0.3 is 20.8 Å². The maximum atomic E-state index is 14.1. The minimum atomic E-state index is -4.43. The van der Waals surface area contributed by atoms with E-state index in [1.54, 1.807) is 18.3 Å². The fourth-order valence-electron chi connectivity index (χ4n) is 5.69. The molecule has 2 aromatic carbocycles. The van der Waals surface area contributed by atoms with Crippen LogP contribution in [0.25, 0.3) is 21.7 Å². The molecule has 236 valence electrons. The summed E-state index contributed by atoms with van der Waals surface area (Å²) in [7, 11) is 1.52. The average Bonchev–Trinajstić information content (AvgIpc) is 3.72. The second kappa shape index (κ2) is 11.3. The maximum Gasteiger partial charge on any atom is 0.413 e. The van der Waals surface area contributed by atoms with Crippen molar-refractivity contribution in [1.29, 1.82) is 10.5 Å². The van der Waals surface area contributed by atoms with Crippen molar-refractivity contribution in [2.24, 2.45) is 5.41 Å². The number of nitrogens with one attached hydrogen (secondary N) is 4. The molecule has 3 heterocycles. The van der Waals surface area contributed by atoms with Crippen LogP contribution in [0.3, 0.4) is 0 Å². The van der Waals surface area contributed by atoms with Gasteiger partial charge in [-0.3, -0.25) is 9.99 Å². The van der Waals surface area contributed by atoms with E-state index in [9.17, 15) is 23.7 Å². The number of benzene rings is 2. The zero-order valence-electron chi connectivity index (χ0n) is 25.7. The van der Waals surface area contributed by atoms with Crippen molar-refractivity contribution in [2.45, 2.75) is 51.4 Å². The van der Waals surface area contributed by atoms with Gasteiger partial charge in [-0.15, -0.1) is 5.53 Å². The lowest BCUT2D eigenvalue weighted by Crippen LogP contribution is -2.52. The molecular formula is C33H32F3N9O. The number of hydrogen-bond acceptors (Lipinski definition) is 10. The second-order valence-corrected chi connectivity index (χ2v) is 12.7. The van der Waals surface area contributed by atoms with E-state index in [1.165, 1.54) is 19.5 Å². The van der Waals surface area contributed by atoms with Gasteiger partial charge in [-0.1, -0.05) is 32.9 Å². The number of hydrogen-bond donors (Lipinski definition) is 4. The van der Waals surface area contributed by atoms with Gasteiger partial charge in [-0.05, 0) is 53.5 Å². The Morgan fingerprint density at radius 2 is 1.80 bits per heavy atom. The molecular weight excluding hydrogens is 595 g/mol. The first-order valence-electron chi connectivity index (χ1n) is 14.7.